The van der Waals surface area contributed by atoms with E-state index in [1.54, 1.807) is 38.2 Å². The monoisotopic (exact) mass is 447 g/mol. The highest BCUT2D eigenvalue weighted by Crippen LogP contribution is 2.50. The maximum absolute atomic E-state index is 12.8. The fourth-order valence-electron chi connectivity index (χ4n) is 3.58. The molecule has 4 N–H and O–H groups in total. The summed E-state index contributed by atoms with van der Waals surface area (Å²) in [7, 11) is 1.26. The number of ether oxygens (including phenoxy) is 2. The van der Waals surface area contributed by atoms with E-state index in [0.717, 1.165) is 11.1 Å². The van der Waals surface area contributed by atoms with E-state index in [9.17, 15) is 19.5 Å². The lowest BCUT2D eigenvalue weighted by atomic mass is 9.92. The van der Waals surface area contributed by atoms with E-state index in [1.807, 2.05) is 6.92 Å². The lowest BCUT2D eigenvalue weighted by Gasteiger charge is -2.22. The van der Waals surface area contributed by atoms with Gasteiger partial charge in [-0.3, -0.25) is 9.59 Å². The van der Waals surface area contributed by atoms with Gasteiger partial charge in [-0.1, -0.05) is 35.5 Å². The number of hydrogen-bond donors (Lipinski definition) is 4. The molecular weight excluding hydrogens is 418 g/mol. The van der Waals surface area contributed by atoms with Crippen molar-refractivity contribution in [2.45, 2.75) is 44.6 Å². The van der Waals surface area contributed by atoms with E-state index in [2.05, 4.69) is 10.1 Å². The first-order chi connectivity index (χ1) is 15.0. The predicted molar refractivity (Wildman–Crippen MR) is 115 cm³/mol. The number of hydrogen-bond acceptors (Lipinski definition) is 8. The molecule has 3 atom stereocenters. The number of methoxy groups -OCH3 is 1. The number of aliphatic hydroxyl groups is 3. The number of carbonyl (C=O) groups is 3. The Kier molecular flexibility index (Phi) is 8.08. The van der Waals surface area contributed by atoms with Gasteiger partial charge in [0.05, 0.1) is 19.3 Å². The van der Waals surface area contributed by atoms with Gasteiger partial charge in [0.1, 0.15) is 0 Å². The minimum Gasteiger partial charge on any atom is -0.465 e. The number of fused-ring (bicyclic) bond motifs is 1. The van der Waals surface area contributed by atoms with Gasteiger partial charge in [-0.15, -0.1) is 0 Å². The fraction of sp³-hybridized carbons (Fsp3) is 0.435. The molecule has 9 nitrogen and oxygen atoms in total. The van der Waals surface area contributed by atoms with Crippen LogP contribution in [0.5, 0.6) is 0 Å². The van der Waals surface area contributed by atoms with Crippen molar-refractivity contribution in [3.05, 3.63) is 58.7 Å². The first kappa shape index (κ1) is 25.4. The number of rotatable bonds is 10. The number of esters is 1. The van der Waals surface area contributed by atoms with Crippen molar-refractivity contribution in [1.29, 1.82) is 0 Å². The van der Waals surface area contributed by atoms with Gasteiger partial charge >= 0.3 is 5.97 Å². The highest BCUT2D eigenvalue weighted by atomic mass is 16.6. The Hall–Kier alpha value is -2.85. The Morgan fingerprint density at radius 2 is 1.88 bits per heavy atom. The number of nitrogens with one attached hydrogen (secondary N) is 1. The molecule has 0 saturated carbocycles. The zero-order valence-electron chi connectivity index (χ0n) is 18.5. The van der Waals surface area contributed by atoms with Crippen LogP contribution < -0.4 is 5.32 Å². The molecule has 0 spiro atoms. The second kappa shape index (κ2) is 10.2. The van der Waals surface area contributed by atoms with E-state index in [-0.39, 0.29) is 30.8 Å². The molecule has 0 aromatic carbocycles. The van der Waals surface area contributed by atoms with Crippen molar-refractivity contribution in [3.63, 3.8) is 0 Å². The van der Waals surface area contributed by atoms with Gasteiger partial charge in [0, 0.05) is 13.0 Å². The van der Waals surface area contributed by atoms with Crippen LogP contribution in [0.3, 0.4) is 0 Å². The average Bonchev–Trinajstić information content (AvgIpc) is 3.46. The number of allylic oxidation sites excluding steroid dienone is 6. The van der Waals surface area contributed by atoms with Crippen LogP contribution in [0.1, 0.15) is 27.2 Å². The van der Waals surface area contributed by atoms with Crippen LogP contribution in [0.2, 0.25) is 0 Å². The minimum absolute atomic E-state index is 0.136. The lowest BCUT2D eigenvalue weighted by molar-refractivity contribution is -0.138. The number of epoxide rings is 1. The van der Waals surface area contributed by atoms with Crippen LogP contribution >= 0.6 is 0 Å². The van der Waals surface area contributed by atoms with Gasteiger partial charge < -0.3 is 30.1 Å². The molecule has 0 aliphatic carbocycles. The van der Waals surface area contributed by atoms with Crippen molar-refractivity contribution in [1.82, 2.24) is 5.32 Å². The van der Waals surface area contributed by atoms with Crippen LogP contribution in [-0.4, -0.2) is 70.7 Å². The molecule has 0 unspecified atom stereocenters. The SMILES string of the molecule is COC(=O)C(/C=C(C)/C=C(C)/C=C/C=C(\C)C(=O)[C@]12O[C@H]1[C@@](O)(CCO)NC2=O)=C/CO. The van der Waals surface area contributed by atoms with Gasteiger partial charge in [-0.05, 0) is 38.5 Å². The quantitative estimate of drug-likeness (QED) is 0.124. The Morgan fingerprint density at radius 1 is 1.19 bits per heavy atom. The average molecular weight is 447 g/mol. The minimum atomic E-state index is -1.76. The van der Waals surface area contributed by atoms with Gasteiger partial charge in [0.15, 0.2) is 11.8 Å². The van der Waals surface area contributed by atoms with E-state index < -0.39 is 35.1 Å². The van der Waals surface area contributed by atoms with Gasteiger partial charge in [-0.25, -0.2) is 4.79 Å². The molecule has 174 valence electrons. The maximum Gasteiger partial charge on any atom is 0.337 e. The van der Waals surface area contributed by atoms with Crippen LogP contribution in [0.4, 0.5) is 0 Å². The molecule has 0 bridgehead atoms. The van der Waals surface area contributed by atoms with E-state index in [0.29, 0.717) is 0 Å². The van der Waals surface area contributed by atoms with E-state index >= 15 is 0 Å². The zero-order chi connectivity index (χ0) is 24.1. The summed E-state index contributed by atoms with van der Waals surface area (Å²) in [6, 6.07) is 0. The first-order valence-corrected chi connectivity index (χ1v) is 10.0. The standard InChI is InChI=1S/C23H29NO8/c1-14(12-15(2)13-17(8-10-25)19(28)31-4)6-5-7-16(3)18(27)23-20(32-23)22(30,9-11-26)24-21(23)29/h5-8,12-13,20,25-26,30H,9-11H2,1-4H3,(H,24,29)/b6-5+,14-12+,15-13+,16-7+,17-8+/t20-,22-,23-/m0/s1. The highest BCUT2D eigenvalue weighted by molar-refractivity contribution is 6.21. The summed E-state index contributed by atoms with van der Waals surface area (Å²) >= 11 is 0. The Labute approximate surface area is 186 Å². The molecule has 0 radical (unpaired) electrons. The van der Waals surface area contributed by atoms with E-state index in [4.69, 9.17) is 14.9 Å². The first-order valence-electron chi connectivity index (χ1n) is 10.0. The van der Waals surface area contributed by atoms with Gasteiger partial charge in [-0.2, -0.15) is 0 Å². The molecule has 2 fully saturated rings. The number of amides is 1. The van der Waals surface area contributed by atoms with Crippen LogP contribution in [0.15, 0.2) is 58.7 Å². The summed E-state index contributed by atoms with van der Waals surface area (Å²) in [5.41, 5.74) is -1.44. The largest absolute Gasteiger partial charge is 0.465 e. The highest BCUT2D eigenvalue weighted by Gasteiger charge is 2.80. The maximum atomic E-state index is 12.8. The van der Waals surface area contributed by atoms with Crippen molar-refractivity contribution in [2.75, 3.05) is 20.3 Å². The van der Waals surface area contributed by atoms with Crippen molar-refractivity contribution >= 4 is 17.7 Å². The molecule has 0 aromatic rings. The number of Topliss-reactive ketones (excluding diaryl/α,β-unsaturated/α-hetero) is 1. The molecule has 2 aliphatic heterocycles. The summed E-state index contributed by atoms with van der Waals surface area (Å²) in [6.07, 6.45) is 8.48. The summed E-state index contributed by atoms with van der Waals surface area (Å²) in [4.78, 5) is 36.7. The molecule has 2 heterocycles. The third-order valence-corrected chi connectivity index (χ3v) is 5.18. The Balaban J connectivity index is 2.09. The van der Waals surface area contributed by atoms with Gasteiger partial charge in [0.25, 0.3) is 5.91 Å². The third kappa shape index (κ3) is 5.13. The van der Waals surface area contributed by atoms with Crippen LogP contribution in [-0.2, 0) is 23.9 Å². The zero-order valence-corrected chi connectivity index (χ0v) is 18.5. The molecule has 0 aromatic heterocycles. The fourth-order valence-corrected chi connectivity index (χ4v) is 3.58. The van der Waals surface area contributed by atoms with Crippen molar-refractivity contribution in [3.8, 4) is 0 Å². The van der Waals surface area contributed by atoms with Gasteiger partial charge in [0.2, 0.25) is 11.4 Å². The lowest BCUT2D eigenvalue weighted by Crippen LogP contribution is -2.48. The normalized spacial score (nSPS) is 28.6. The summed E-state index contributed by atoms with van der Waals surface area (Å²) in [6.45, 7) is 4.49. The number of aliphatic hydroxyl groups excluding tert-OH is 2. The van der Waals surface area contributed by atoms with Crippen molar-refractivity contribution in [2.24, 2.45) is 0 Å². The number of morpholine rings is 1. The molecule has 2 aliphatic rings. The molecule has 2 saturated heterocycles. The van der Waals surface area contributed by atoms with Crippen molar-refractivity contribution < 1.29 is 39.2 Å². The molecule has 32 heavy (non-hydrogen) atoms. The smallest absolute Gasteiger partial charge is 0.337 e. The van der Waals surface area contributed by atoms with E-state index in [1.165, 1.54) is 19.3 Å². The number of carbonyl (C=O) groups excluding carboxylic acids is 3. The summed E-state index contributed by atoms with van der Waals surface area (Å²) < 4.78 is 9.97. The summed E-state index contributed by atoms with van der Waals surface area (Å²) in [5, 5.41) is 30.8. The molecule has 2 rings (SSSR count). The Morgan fingerprint density at radius 3 is 2.44 bits per heavy atom. The van der Waals surface area contributed by atoms with Crippen LogP contribution in [0, 0.1) is 0 Å². The molecule has 1 amide bonds. The number of ketones is 1. The second-order valence-electron chi connectivity index (χ2n) is 7.73. The molecule has 9 heteroatoms. The predicted octanol–water partition coefficient (Wildman–Crippen LogP) is 0.381. The molecular formula is C23H29NO8. The second-order valence-corrected chi connectivity index (χ2v) is 7.73. The summed E-state index contributed by atoms with van der Waals surface area (Å²) in [5.74, 6) is -1.82. The third-order valence-electron chi connectivity index (χ3n) is 5.18. The topological polar surface area (TPSA) is 146 Å². The Bertz CT molecular complexity index is 942. The van der Waals surface area contributed by atoms with Crippen LogP contribution in [0.25, 0.3) is 0 Å².